The molecule has 2 heterocycles. The molecule has 0 amide bonds. The van der Waals surface area contributed by atoms with E-state index in [9.17, 15) is 0 Å². The van der Waals surface area contributed by atoms with E-state index in [4.69, 9.17) is 14.3 Å². The first-order valence-corrected chi connectivity index (χ1v) is 8.80. The minimum Gasteiger partial charge on any atom is -0.449 e. The zero-order chi connectivity index (χ0) is 18.7. The van der Waals surface area contributed by atoms with E-state index in [-0.39, 0.29) is 0 Å². The average Bonchev–Trinajstić information content (AvgIpc) is 3.26. The minimum absolute atomic E-state index is 0.409. The number of imidazole rings is 1. The highest BCUT2D eigenvalue weighted by molar-refractivity contribution is 6.00. The Morgan fingerprint density at radius 2 is 1.93 bits per heavy atom. The van der Waals surface area contributed by atoms with Crippen molar-refractivity contribution in [3.8, 4) is 11.5 Å². The van der Waals surface area contributed by atoms with Crippen LogP contribution < -0.4 is 9.47 Å². The van der Waals surface area contributed by atoms with Crippen LogP contribution in [0.2, 0.25) is 0 Å². The third kappa shape index (κ3) is 4.11. The summed E-state index contributed by atoms with van der Waals surface area (Å²) >= 11 is 0. The van der Waals surface area contributed by atoms with Gasteiger partial charge in [-0.25, -0.2) is 4.98 Å². The molecule has 6 heteroatoms. The summed E-state index contributed by atoms with van der Waals surface area (Å²) in [6, 6.07) is 15.8. The predicted octanol–water partition coefficient (Wildman–Crippen LogP) is 4.01. The zero-order valence-electron chi connectivity index (χ0n) is 15.3. The van der Waals surface area contributed by atoms with Crippen LogP contribution in [-0.2, 0) is 18.0 Å². The molecule has 0 spiro atoms. The fourth-order valence-corrected chi connectivity index (χ4v) is 2.89. The lowest BCUT2D eigenvalue weighted by Crippen LogP contribution is -2.29. The summed E-state index contributed by atoms with van der Waals surface area (Å²) in [7, 11) is 0. The van der Waals surface area contributed by atoms with E-state index in [1.807, 2.05) is 73.1 Å². The second kappa shape index (κ2) is 7.15. The van der Waals surface area contributed by atoms with Crippen molar-refractivity contribution in [2.24, 2.45) is 5.16 Å². The normalized spacial score (nSPS) is 15.0. The molecule has 0 radical (unpaired) electrons. The van der Waals surface area contributed by atoms with Crippen molar-refractivity contribution in [3.63, 3.8) is 0 Å². The number of rotatable bonds is 6. The van der Waals surface area contributed by atoms with Gasteiger partial charge >= 0.3 is 0 Å². The Hall–Kier alpha value is -3.28. The van der Waals surface area contributed by atoms with Crippen molar-refractivity contribution < 1.29 is 14.3 Å². The van der Waals surface area contributed by atoms with Crippen LogP contribution in [0.5, 0.6) is 11.5 Å². The highest BCUT2D eigenvalue weighted by atomic mass is 16.7. The lowest BCUT2D eigenvalue weighted by Gasteiger charge is -2.16. The molecule has 0 N–H and O–H groups in total. The van der Waals surface area contributed by atoms with Crippen molar-refractivity contribution in [2.45, 2.75) is 32.8 Å². The molecule has 0 unspecified atom stereocenters. The van der Waals surface area contributed by atoms with Gasteiger partial charge in [0.05, 0.1) is 12.9 Å². The van der Waals surface area contributed by atoms with Gasteiger partial charge in [0.2, 0.25) is 5.79 Å². The maximum Gasteiger partial charge on any atom is 0.246 e. The topological polar surface area (TPSA) is 57.9 Å². The molecule has 0 fully saturated rings. The first-order chi connectivity index (χ1) is 13.1. The Morgan fingerprint density at radius 3 is 2.70 bits per heavy atom. The molecular formula is C21H21N3O3. The summed E-state index contributed by atoms with van der Waals surface area (Å²) < 4.78 is 13.6. The quantitative estimate of drug-likeness (QED) is 0.490. The van der Waals surface area contributed by atoms with Crippen LogP contribution in [0, 0.1) is 0 Å². The van der Waals surface area contributed by atoms with Crippen molar-refractivity contribution in [3.05, 3.63) is 78.4 Å². The molecule has 0 saturated carbocycles. The second-order valence-electron chi connectivity index (χ2n) is 6.80. The largest absolute Gasteiger partial charge is 0.449 e. The summed E-state index contributed by atoms with van der Waals surface area (Å²) in [6.07, 6.45) is 5.39. The molecule has 0 bridgehead atoms. The van der Waals surface area contributed by atoms with Crippen LogP contribution in [0.3, 0.4) is 0 Å². The van der Waals surface area contributed by atoms with Crippen LogP contribution >= 0.6 is 0 Å². The Bertz CT molecular complexity index is 935. The van der Waals surface area contributed by atoms with E-state index < -0.39 is 5.79 Å². The van der Waals surface area contributed by atoms with Gasteiger partial charge in [0.15, 0.2) is 11.5 Å². The SMILES string of the molecule is CC1(C)Oc2ccc(/C(Cn3ccnc3)=N/OCc3ccccc3)cc2O1. The highest BCUT2D eigenvalue weighted by Gasteiger charge is 2.31. The first kappa shape index (κ1) is 17.1. The summed E-state index contributed by atoms with van der Waals surface area (Å²) in [4.78, 5) is 9.72. The van der Waals surface area contributed by atoms with Crippen LogP contribution in [-0.4, -0.2) is 21.0 Å². The van der Waals surface area contributed by atoms with Gasteiger partial charge in [-0.05, 0) is 23.8 Å². The summed E-state index contributed by atoms with van der Waals surface area (Å²) in [5.41, 5.74) is 2.76. The maximum absolute atomic E-state index is 5.86. The van der Waals surface area contributed by atoms with Gasteiger partial charge in [0.25, 0.3) is 0 Å². The van der Waals surface area contributed by atoms with Gasteiger partial charge < -0.3 is 18.9 Å². The van der Waals surface area contributed by atoms with Crippen molar-refractivity contribution in [2.75, 3.05) is 0 Å². The molecule has 0 aliphatic carbocycles. The highest BCUT2D eigenvalue weighted by Crippen LogP contribution is 2.39. The maximum atomic E-state index is 5.86. The van der Waals surface area contributed by atoms with Gasteiger partial charge in [0, 0.05) is 31.8 Å². The number of fused-ring (bicyclic) bond motifs is 1. The lowest BCUT2D eigenvalue weighted by molar-refractivity contribution is -0.0431. The van der Waals surface area contributed by atoms with E-state index in [1.54, 1.807) is 12.5 Å². The number of benzene rings is 2. The molecule has 3 aromatic rings. The molecule has 138 valence electrons. The Balaban J connectivity index is 1.57. The van der Waals surface area contributed by atoms with E-state index in [0.29, 0.717) is 18.9 Å². The van der Waals surface area contributed by atoms with Gasteiger partial charge in [-0.2, -0.15) is 0 Å². The van der Waals surface area contributed by atoms with Crippen molar-refractivity contribution in [1.82, 2.24) is 9.55 Å². The van der Waals surface area contributed by atoms with Crippen LogP contribution in [0.1, 0.15) is 25.0 Å². The molecular weight excluding hydrogens is 342 g/mol. The van der Waals surface area contributed by atoms with E-state index >= 15 is 0 Å². The number of hydrogen-bond acceptors (Lipinski definition) is 5. The third-order valence-corrected chi connectivity index (χ3v) is 4.13. The van der Waals surface area contributed by atoms with E-state index in [2.05, 4.69) is 10.1 Å². The Kier molecular flexibility index (Phi) is 4.54. The van der Waals surface area contributed by atoms with Crippen molar-refractivity contribution >= 4 is 5.71 Å². The second-order valence-corrected chi connectivity index (χ2v) is 6.80. The smallest absolute Gasteiger partial charge is 0.246 e. The number of aromatic nitrogens is 2. The fraction of sp³-hybridized carbons (Fsp3) is 0.238. The molecule has 1 aliphatic rings. The van der Waals surface area contributed by atoms with Gasteiger partial charge in [-0.3, -0.25) is 0 Å². The molecule has 0 atom stereocenters. The fourth-order valence-electron chi connectivity index (χ4n) is 2.89. The molecule has 27 heavy (non-hydrogen) atoms. The van der Waals surface area contributed by atoms with Gasteiger partial charge in [-0.15, -0.1) is 0 Å². The Morgan fingerprint density at radius 1 is 1.11 bits per heavy atom. The summed E-state index contributed by atoms with van der Waals surface area (Å²) in [5, 5.41) is 4.40. The molecule has 4 rings (SSSR count). The molecule has 1 aliphatic heterocycles. The van der Waals surface area contributed by atoms with Gasteiger partial charge in [-0.1, -0.05) is 35.5 Å². The first-order valence-electron chi connectivity index (χ1n) is 8.80. The third-order valence-electron chi connectivity index (χ3n) is 4.13. The lowest BCUT2D eigenvalue weighted by atomic mass is 10.1. The zero-order valence-corrected chi connectivity index (χ0v) is 15.3. The van der Waals surface area contributed by atoms with Gasteiger partial charge in [0.1, 0.15) is 12.3 Å². The standard InChI is InChI=1S/C21H21N3O3/c1-21(2)26-19-9-8-17(12-20(19)27-21)18(13-24-11-10-22-15-24)23-25-14-16-6-4-3-5-7-16/h3-12,15H,13-14H2,1-2H3/b23-18+. The summed E-state index contributed by atoms with van der Waals surface area (Å²) in [5.74, 6) is 0.779. The van der Waals surface area contributed by atoms with Crippen molar-refractivity contribution in [1.29, 1.82) is 0 Å². The molecule has 1 aromatic heterocycles. The molecule has 0 saturated heterocycles. The van der Waals surface area contributed by atoms with Crippen LogP contribution in [0.4, 0.5) is 0 Å². The minimum atomic E-state index is -0.660. The number of oxime groups is 1. The summed E-state index contributed by atoms with van der Waals surface area (Å²) in [6.45, 7) is 4.72. The molecule has 2 aromatic carbocycles. The Labute approximate surface area is 158 Å². The van der Waals surface area contributed by atoms with Crippen LogP contribution in [0.15, 0.2) is 72.4 Å². The average molecular weight is 363 g/mol. The number of hydrogen-bond donors (Lipinski definition) is 0. The van der Waals surface area contributed by atoms with Crippen LogP contribution in [0.25, 0.3) is 0 Å². The number of ether oxygens (including phenoxy) is 2. The molecule has 6 nitrogen and oxygen atoms in total. The predicted molar refractivity (Wildman–Crippen MR) is 102 cm³/mol. The van der Waals surface area contributed by atoms with E-state index in [0.717, 1.165) is 22.6 Å². The van der Waals surface area contributed by atoms with E-state index in [1.165, 1.54) is 0 Å². The number of nitrogens with zero attached hydrogens (tertiary/aromatic N) is 3. The monoisotopic (exact) mass is 363 g/mol.